The Morgan fingerprint density at radius 3 is 2.63 bits per heavy atom. The predicted octanol–water partition coefficient (Wildman–Crippen LogP) is 4.38. The van der Waals surface area contributed by atoms with E-state index in [9.17, 15) is 22.8 Å². The first-order valence-corrected chi connectivity index (χ1v) is 8.31. The first kappa shape index (κ1) is 19.3. The van der Waals surface area contributed by atoms with Crippen molar-refractivity contribution in [1.29, 1.82) is 0 Å². The van der Waals surface area contributed by atoms with Crippen LogP contribution in [0.25, 0.3) is 0 Å². The highest BCUT2D eigenvalue weighted by Crippen LogP contribution is 2.35. The van der Waals surface area contributed by atoms with E-state index in [4.69, 9.17) is 27.9 Å². The van der Waals surface area contributed by atoms with Crippen LogP contribution in [-0.4, -0.2) is 25.0 Å². The first-order chi connectivity index (χ1) is 12.6. The van der Waals surface area contributed by atoms with Crippen LogP contribution in [0.2, 0.25) is 10.0 Å². The van der Waals surface area contributed by atoms with Gasteiger partial charge >= 0.3 is 12.1 Å². The number of benzene rings is 2. The van der Waals surface area contributed by atoms with E-state index in [1.807, 2.05) is 0 Å². The molecule has 27 heavy (non-hydrogen) atoms. The smallest absolute Gasteiger partial charge is 0.416 e. The number of carbonyl (C=O) groups excluding carboxylic acids is 2. The molecule has 1 amide bonds. The maximum Gasteiger partial charge on any atom is 0.416 e. The van der Waals surface area contributed by atoms with Gasteiger partial charge in [0.1, 0.15) is 6.54 Å². The van der Waals surface area contributed by atoms with Crippen molar-refractivity contribution in [2.24, 2.45) is 0 Å². The summed E-state index contributed by atoms with van der Waals surface area (Å²) in [6.07, 6.45) is -4.57. The van der Waals surface area contributed by atoms with Crippen LogP contribution in [-0.2, 0) is 15.8 Å². The second kappa shape index (κ2) is 7.28. The van der Waals surface area contributed by atoms with Crippen molar-refractivity contribution in [3.05, 3.63) is 52.0 Å². The standard InChI is InChI=1S/C17H11Cl2F3N2O3/c18-10-2-4-14-13(6-10)24(8-16(26)27-14)7-15(25)23-12-5-9(17(20,21)22)1-3-11(12)19/h1-6H,7-8H2,(H,23,25). The number of nitrogens with zero attached hydrogens (tertiary/aromatic N) is 1. The topological polar surface area (TPSA) is 58.6 Å². The lowest BCUT2D eigenvalue weighted by molar-refractivity contribution is -0.137. The van der Waals surface area contributed by atoms with Gasteiger partial charge in [-0.2, -0.15) is 13.2 Å². The number of ether oxygens (including phenoxy) is 1. The molecule has 0 bridgehead atoms. The molecule has 0 fully saturated rings. The minimum absolute atomic E-state index is 0.0437. The van der Waals surface area contributed by atoms with Gasteiger partial charge in [0, 0.05) is 5.02 Å². The summed E-state index contributed by atoms with van der Waals surface area (Å²) in [4.78, 5) is 25.4. The molecule has 0 saturated carbocycles. The zero-order chi connectivity index (χ0) is 19.8. The minimum atomic E-state index is -4.57. The molecule has 0 radical (unpaired) electrons. The van der Waals surface area contributed by atoms with Gasteiger partial charge in [0.05, 0.1) is 28.5 Å². The summed E-state index contributed by atoms with van der Waals surface area (Å²) >= 11 is 11.8. The Bertz CT molecular complexity index is 919. The number of fused-ring (bicyclic) bond motifs is 1. The monoisotopic (exact) mass is 418 g/mol. The number of rotatable bonds is 3. The summed E-state index contributed by atoms with van der Waals surface area (Å²) in [7, 11) is 0. The molecule has 0 aromatic heterocycles. The second-order valence-electron chi connectivity index (χ2n) is 5.68. The summed E-state index contributed by atoms with van der Waals surface area (Å²) < 4.78 is 43.6. The third-order valence-corrected chi connectivity index (χ3v) is 4.27. The summed E-state index contributed by atoms with van der Waals surface area (Å²) in [5.41, 5.74) is -0.698. The largest absolute Gasteiger partial charge is 0.423 e. The van der Waals surface area contributed by atoms with E-state index in [0.717, 1.165) is 18.2 Å². The molecule has 0 atom stereocenters. The highest BCUT2D eigenvalue weighted by Gasteiger charge is 2.31. The number of amides is 1. The number of hydrogen-bond acceptors (Lipinski definition) is 4. The molecule has 0 saturated heterocycles. The molecule has 1 heterocycles. The lowest BCUT2D eigenvalue weighted by Crippen LogP contribution is -2.41. The van der Waals surface area contributed by atoms with Crippen LogP contribution in [0.3, 0.4) is 0 Å². The van der Waals surface area contributed by atoms with Crippen molar-refractivity contribution in [3.63, 3.8) is 0 Å². The molecule has 3 rings (SSSR count). The van der Waals surface area contributed by atoms with Gasteiger partial charge in [-0.15, -0.1) is 0 Å². The van der Waals surface area contributed by atoms with Crippen LogP contribution in [0.15, 0.2) is 36.4 Å². The van der Waals surface area contributed by atoms with Crippen molar-refractivity contribution < 1.29 is 27.5 Å². The lowest BCUT2D eigenvalue weighted by Gasteiger charge is -2.29. The SMILES string of the molecule is O=C(CN1CC(=O)Oc2ccc(Cl)cc21)Nc1cc(C(F)(F)F)ccc1Cl. The molecule has 2 aromatic rings. The number of halogens is 5. The molecule has 0 aliphatic carbocycles. The fourth-order valence-electron chi connectivity index (χ4n) is 2.52. The van der Waals surface area contributed by atoms with Gasteiger partial charge in [0.25, 0.3) is 0 Å². The molecule has 5 nitrogen and oxygen atoms in total. The molecule has 142 valence electrons. The van der Waals surface area contributed by atoms with Crippen molar-refractivity contribution in [2.45, 2.75) is 6.18 Å². The second-order valence-corrected chi connectivity index (χ2v) is 6.53. The lowest BCUT2D eigenvalue weighted by atomic mass is 10.2. The average Bonchev–Trinajstić information content (AvgIpc) is 2.56. The van der Waals surface area contributed by atoms with Gasteiger partial charge in [-0.1, -0.05) is 23.2 Å². The Labute approximate surface area is 161 Å². The molecular formula is C17H11Cl2F3N2O3. The van der Waals surface area contributed by atoms with E-state index >= 15 is 0 Å². The van der Waals surface area contributed by atoms with Crippen LogP contribution in [0.1, 0.15) is 5.56 Å². The summed E-state index contributed by atoms with van der Waals surface area (Å²) in [5.74, 6) is -0.993. The van der Waals surface area contributed by atoms with E-state index < -0.39 is 23.6 Å². The van der Waals surface area contributed by atoms with Crippen LogP contribution in [0.5, 0.6) is 5.75 Å². The molecule has 0 unspecified atom stereocenters. The van der Waals surface area contributed by atoms with E-state index in [1.54, 1.807) is 0 Å². The van der Waals surface area contributed by atoms with Crippen molar-refractivity contribution in [2.75, 3.05) is 23.3 Å². The Morgan fingerprint density at radius 1 is 1.19 bits per heavy atom. The van der Waals surface area contributed by atoms with Gasteiger partial charge in [-0.25, -0.2) is 4.79 Å². The van der Waals surface area contributed by atoms with Crippen molar-refractivity contribution >= 4 is 46.5 Å². The van der Waals surface area contributed by atoms with Crippen LogP contribution in [0.4, 0.5) is 24.5 Å². The molecule has 1 aliphatic heterocycles. The summed E-state index contributed by atoms with van der Waals surface area (Å²) in [5, 5.41) is 2.66. The van der Waals surface area contributed by atoms with Crippen LogP contribution in [0, 0.1) is 0 Å². The molecule has 2 aromatic carbocycles. The maximum absolute atomic E-state index is 12.8. The Hall–Kier alpha value is -2.45. The molecule has 10 heteroatoms. The number of carbonyl (C=O) groups is 2. The van der Waals surface area contributed by atoms with Crippen molar-refractivity contribution in [1.82, 2.24) is 0 Å². The number of hydrogen-bond donors (Lipinski definition) is 1. The van der Waals surface area contributed by atoms with Gasteiger partial charge in [0.15, 0.2) is 5.75 Å². The summed E-state index contributed by atoms with van der Waals surface area (Å²) in [6, 6.07) is 7.15. The highest BCUT2D eigenvalue weighted by molar-refractivity contribution is 6.33. The highest BCUT2D eigenvalue weighted by atomic mass is 35.5. The fraction of sp³-hybridized carbons (Fsp3) is 0.176. The van der Waals surface area contributed by atoms with Gasteiger partial charge < -0.3 is 15.0 Å². The fourth-order valence-corrected chi connectivity index (χ4v) is 2.85. The number of nitrogens with one attached hydrogen (secondary N) is 1. The Balaban J connectivity index is 1.79. The van der Waals surface area contributed by atoms with Gasteiger partial charge in [-0.05, 0) is 36.4 Å². The predicted molar refractivity (Wildman–Crippen MR) is 94.4 cm³/mol. The maximum atomic E-state index is 12.8. The first-order valence-electron chi connectivity index (χ1n) is 7.55. The zero-order valence-corrected chi connectivity index (χ0v) is 15.0. The van der Waals surface area contributed by atoms with Crippen molar-refractivity contribution in [3.8, 4) is 5.75 Å². The van der Waals surface area contributed by atoms with Gasteiger partial charge in [0.2, 0.25) is 5.91 Å². The third kappa shape index (κ3) is 4.45. The number of anilines is 2. The van der Waals surface area contributed by atoms with Crippen LogP contribution >= 0.6 is 23.2 Å². The molecule has 1 aliphatic rings. The average molecular weight is 419 g/mol. The van der Waals surface area contributed by atoms with E-state index in [2.05, 4.69) is 5.32 Å². The molecule has 0 spiro atoms. The number of esters is 1. The summed E-state index contributed by atoms with van der Waals surface area (Å²) in [6.45, 7) is -0.522. The van der Waals surface area contributed by atoms with E-state index in [0.29, 0.717) is 10.7 Å². The number of alkyl halides is 3. The normalized spacial score (nSPS) is 13.8. The van der Waals surface area contributed by atoms with Crippen LogP contribution < -0.4 is 15.0 Å². The molecular weight excluding hydrogens is 408 g/mol. The molecule has 1 N–H and O–H groups in total. The Kier molecular flexibility index (Phi) is 5.21. The van der Waals surface area contributed by atoms with E-state index in [1.165, 1.54) is 23.1 Å². The Morgan fingerprint density at radius 2 is 1.93 bits per heavy atom. The van der Waals surface area contributed by atoms with Gasteiger partial charge in [-0.3, -0.25) is 4.79 Å². The zero-order valence-electron chi connectivity index (χ0n) is 13.4. The minimum Gasteiger partial charge on any atom is -0.423 e. The quantitative estimate of drug-likeness (QED) is 0.593. The third-order valence-electron chi connectivity index (χ3n) is 3.71. The van der Waals surface area contributed by atoms with E-state index in [-0.39, 0.29) is 29.5 Å².